The molecule has 1 N–H and O–H groups in total. The van der Waals surface area contributed by atoms with E-state index in [9.17, 15) is 8.78 Å². The maximum Gasteiger partial charge on any atom is 0.270 e. The van der Waals surface area contributed by atoms with Gasteiger partial charge in [-0.25, -0.2) is 13.8 Å². The van der Waals surface area contributed by atoms with Crippen molar-refractivity contribution in [1.29, 1.82) is 0 Å². The molecule has 0 unspecified atom stereocenters. The molecule has 0 radical (unpaired) electrons. The van der Waals surface area contributed by atoms with E-state index in [1.165, 1.54) is 17.7 Å². The fourth-order valence-corrected chi connectivity index (χ4v) is 3.99. The third-order valence-electron chi connectivity index (χ3n) is 5.82. The number of para-hydroxylation sites is 1. The Morgan fingerprint density at radius 3 is 2.70 bits per heavy atom. The van der Waals surface area contributed by atoms with Crippen LogP contribution in [0.25, 0.3) is 11.3 Å². The van der Waals surface area contributed by atoms with Crippen LogP contribution in [0, 0.1) is 6.92 Å². The van der Waals surface area contributed by atoms with Gasteiger partial charge in [0.05, 0.1) is 5.69 Å². The highest BCUT2D eigenvalue weighted by Crippen LogP contribution is 2.36. The summed E-state index contributed by atoms with van der Waals surface area (Å²) in [5.41, 5.74) is 5.32. The number of aromatic nitrogens is 1. The zero-order valence-electron chi connectivity index (χ0n) is 19.2. The van der Waals surface area contributed by atoms with Crippen LogP contribution in [-0.4, -0.2) is 17.7 Å². The topological polar surface area (TPSA) is 40.5 Å². The first-order valence-corrected chi connectivity index (χ1v) is 11.1. The minimum atomic E-state index is -2.92. The molecule has 4 rings (SSSR count). The molecule has 0 amide bonds. The summed E-state index contributed by atoms with van der Waals surface area (Å²) >= 11 is 0. The third kappa shape index (κ3) is 4.80. The molecule has 1 aliphatic rings. The van der Waals surface area contributed by atoms with Gasteiger partial charge in [-0.2, -0.15) is 0 Å². The molecule has 1 aromatic heterocycles. The molecule has 0 spiro atoms. The maximum atomic E-state index is 13.9. The highest BCUT2D eigenvalue weighted by atomic mass is 19.3. The summed E-state index contributed by atoms with van der Waals surface area (Å²) in [5, 5.41) is 3.49. The fourth-order valence-electron chi connectivity index (χ4n) is 3.99. The standard InChI is InChI=1S/C27H28F2N4/c1-5-20-10-6-9-18(2)25(20)31-19(3)33-16-8-15-30-24-14-13-23(32-26(24)33)21-11-7-12-22(17-21)27(4,28)29/h6-7,9-15,17,31H,3,5,8,16H2,1-2,4H3. The minimum Gasteiger partial charge on any atom is -0.342 e. The maximum absolute atomic E-state index is 13.9. The lowest BCUT2D eigenvalue weighted by molar-refractivity contribution is 0.0175. The van der Waals surface area contributed by atoms with Gasteiger partial charge in [-0.15, -0.1) is 0 Å². The van der Waals surface area contributed by atoms with Gasteiger partial charge in [-0.3, -0.25) is 4.99 Å². The SMILES string of the molecule is C=C(Nc1c(C)cccc1CC)N1CCC=Nc2ccc(-c3cccc(C(C)(F)F)c3)nc21. The first kappa shape index (κ1) is 22.6. The number of aryl methyl sites for hydroxylation is 2. The number of benzene rings is 2. The summed E-state index contributed by atoms with van der Waals surface area (Å²) in [6.45, 7) is 10.0. The zero-order valence-corrected chi connectivity index (χ0v) is 19.2. The van der Waals surface area contributed by atoms with E-state index in [0.29, 0.717) is 29.4 Å². The highest BCUT2D eigenvalue weighted by molar-refractivity contribution is 5.78. The first-order chi connectivity index (χ1) is 15.8. The third-order valence-corrected chi connectivity index (χ3v) is 5.82. The van der Waals surface area contributed by atoms with E-state index in [-0.39, 0.29) is 5.56 Å². The Morgan fingerprint density at radius 2 is 1.94 bits per heavy atom. The smallest absolute Gasteiger partial charge is 0.270 e. The Labute approximate surface area is 193 Å². The quantitative estimate of drug-likeness (QED) is 0.434. The molecule has 4 nitrogen and oxygen atoms in total. The van der Waals surface area contributed by atoms with Gasteiger partial charge in [-0.05, 0) is 42.7 Å². The summed E-state index contributed by atoms with van der Waals surface area (Å²) in [4.78, 5) is 11.4. The number of hydrogen-bond acceptors (Lipinski definition) is 4. The molecule has 0 aliphatic carbocycles. The second-order valence-corrected chi connectivity index (χ2v) is 8.29. The molecule has 170 valence electrons. The molecular weight excluding hydrogens is 418 g/mol. The van der Waals surface area contributed by atoms with Crippen LogP contribution in [0.1, 0.15) is 37.0 Å². The molecule has 0 fully saturated rings. The van der Waals surface area contributed by atoms with Crippen LogP contribution in [0.5, 0.6) is 0 Å². The summed E-state index contributed by atoms with van der Waals surface area (Å²) in [5.74, 6) is -1.57. The Hall–Kier alpha value is -3.54. The molecular formula is C27H28F2N4. The van der Waals surface area contributed by atoms with Crippen molar-refractivity contribution in [2.45, 2.75) is 39.5 Å². The van der Waals surface area contributed by atoms with E-state index in [1.54, 1.807) is 12.1 Å². The summed E-state index contributed by atoms with van der Waals surface area (Å²) in [6.07, 6.45) is 3.51. The lowest BCUT2D eigenvalue weighted by Gasteiger charge is -2.27. The van der Waals surface area contributed by atoms with Crippen LogP contribution in [0.4, 0.5) is 26.0 Å². The van der Waals surface area contributed by atoms with E-state index >= 15 is 0 Å². The molecule has 6 heteroatoms. The van der Waals surface area contributed by atoms with Crippen molar-refractivity contribution in [3.63, 3.8) is 0 Å². The van der Waals surface area contributed by atoms with Gasteiger partial charge in [0.15, 0.2) is 5.82 Å². The Bertz CT molecular complexity index is 1210. The van der Waals surface area contributed by atoms with Gasteiger partial charge < -0.3 is 10.2 Å². The second-order valence-electron chi connectivity index (χ2n) is 8.29. The summed E-state index contributed by atoms with van der Waals surface area (Å²) < 4.78 is 27.8. The van der Waals surface area contributed by atoms with Crippen LogP contribution in [0.3, 0.4) is 0 Å². The molecule has 2 aromatic carbocycles. The van der Waals surface area contributed by atoms with Gasteiger partial charge in [0.25, 0.3) is 5.92 Å². The Morgan fingerprint density at radius 1 is 1.15 bits per heavy atom. The number of aliphatic imine (C=N–C) groups is 1. The van der Waals surface area contributed by atoms with Crippen LogP contribution in [0.15, 0.2) is 72.0 Å². The van der Waals surface area contributed by atoms with Crippen molar-refractivity contribution in [2.75, 3.05) is 16.8 Å². The van der Waals surface area contributed by atoms with E-state index in [1.807, 2.05) is 23.2 Å². The number of hydrogen-bond donors (Lipinski definition) is 1. The Kier molecular flexibility index (Phi) is 6.27. The molecule has 3 aromatic rings. The van der Waals surface area contributed by atoms with E-state index < -0.39 is 5.92 Å². The number of fused-ring (bicyclic) bond motifs is 1. The number of alkyl halides is 2. The van der Waals surface area contributed by atoms with Gasteiger partial charge in [0, 0.05) is 42.9 Å². The molecule has 2 heterocycles. The van der Waals surface area contributed by atoms with Crippen molar-refractivity contribution in [3.8, 4) is 11.3 Å². The number of nitrogens with one attached hydrogen (secondary N) is 1. The molecule has 0 bridgehead atoms. The van der Waals surface area contributed by atoms with E-state index in [4.69, 9.17) is 4.98 Å². The lowest BCUT2D eigenvalue weighted by atomic mass is 10.0. The van der Waals surface area contributed by atoms with Gasteiger partial charge in [0.1, 0.15) is 11.5 Å². The molecule has 0 saturated heterocycles. The molecule has 0 atom stereocenters. The van der Waals surface area contributed by atoms with Crippen LogP contribution in [0.2, 0.25) is 0 Å². The van der Waals surface area contributed by atoms with Gasteiger partial charge in [-0.1, -0.05) is 49.9 Å². The number of halogens is 2. The van der Waals surface area contributed by atoms with Crippen molar-refractivity contribution in [2.24, 2.45) is 4.99 Å². The average Bonchev–Trinajstić information content (AvgIpc) is 3.02. The normalized spacial score (nSPS) is 13.4. The van der Waals surface area contributed by atoms with Crippen molar-refractivity contribution in [1.82, 2.24) is 4.98 Å². The first-order valence-electron chi connectivity index (χ1n) is 11.1. The molecule has 1 aliphatic heterocycles. The number of anilines is 2. The number of pyridine rings is 1. The fraction of sp³-hybridized carbons (Fsp3) is 0.259. The van der Waals surface area contributed by atoms with E-state index in [0.717, 1.165) is 36.7 Å². The Balaban J connectivity index is 1.71. The lowest BCUT2D eigenvalue weighted by Crippen LogP contribution is -2.28. The van der Waals surface area contributed by atoms with E-state index in [2.05, 4.69) is 48.9 Å². The molecule has 0 saturated carbocycles. The monoisotopic (exact) mass is 446 g/mol. The van der Waals surface area contributed by atoms with Gasteiger partial charge >= 0.3 is 0 Å². The van der Waals surface area contributed by atoms with Crippen molar-refractivity contribution >= 4 is 23.4 Å². The van der Waals surface area contributed by atoms with Crippen LogP contribution >= 0.6 is 0 Å². The van der Waals surface area contributed by atoms with Crippen molar-refractivity contribution < 1.29 is 8.78 Å². The number of rotatable bonds is 6. The van der Waals surface area contributed by atoms with Crippen molar-refractivity contribution in [3.05, 3.63) is 83.7 Å². The summed E-state index contributed by atoms with van der Waals surface area (Å²) in [7, 11) is 0. The molecule has 33 heavy (non-hydrogen) atoms. The minimum absolute atomic E-state index is 0.0376. The zero-order chi connectivity index (χ0) is 23.6. The largest absolute Gasteiger partial charge is 0.342 e. The highest BCUT2D eigenvalue weighted by Gasteiger charge is 2.25. The average molecular weight is 447 g/mol. The predicted octanol–water partition coefficient (Wildman–Crippen LogP) is 7.23. The van der Waals surface area contributed by atoms with Gasteiger partial charge in [0.2, 0.25) is 0 Å². The van der Waals surface area contributed by atoms with Crippen LogP contribution in [-0.2, 0) is 12.3 Å². The van der Waals surface area contributed by atoms with Crippen LogP contribution < -0.4 is 10.2 Å². The number of nitrogens with zero attached hydrogens (tertiary/aromatic N) is 3. The second kappa shape index (κ2) is 9.14. The predicted molar refractivity (Wildman–Crippen MR) is 133 cm³/mol. The summed E-state index contributed by atoms with van der Waals surface area (Å²) in [6, 6.07) is 16.3.